The molecule has 6 aromatic rings. The van der Waals surface area contributed by atoms with Crippen LogP contribution in [0.1, 0.15) is 36.6 Å². The molecule has 0 aromatic heterocycles. The lowest BCUT2D eigenvalue weighted by Gasteiger charge is -2.22. The Labute approximate surface area is 359 Å². The fraction of sp³-hybridized carbons (Fsp3) is 0.133. The van der Waals surface area contributed by atoms with Gasteiger partial charge in [-0.15, -0.1) is 0 Å². The number of methoxy groups -OCH3 is 6. The van der Waals surface area contributed by atoms with Crippen LogP contribution in [-0.4, -0.2) is 61.0 Å². The molecular formula is C45H40O15P2. The fourth-order valence-electron chi connectivity index (χ4n) is 5.57. The van der Waals surface area contributed by atoms with Crippen molar-refractivity contribution in [3.63, 3.8) is 0 Å². The molecule has 0 spiro atoms. The Morgan fingerprint density at radius 3 is 1.03 bits per heavy atom. The van der Waals surface area contributed by atoms with Gasteiger partial charge >= 0.3 is 17.2 Å². The average Bonchev–Trinajstić information content (AvgIpc) is 3.32. The molecule has 0 atom stereocenters. The molecule has 0 aliphatic rings. The summed E-state index contributed by atoms with van der Waals surface area (Å²) in [5.41, 5.74) is 0.910. The summed E-state index contributed by atoms with van der Waals surface area (Å²) in [5, 5.41) is 0. The van der Waals surface area contributed by atoms with Crippen molar-refractivity contribution in [2.45, 2.75) is 0 Å². The molecule has 0 aliphatic heterocycles. The van der Waals surface area contributed by atoms with Gasteiger partial charge in [-0.2, -0.15) is 0 Å². The molecule has 0 fully saturated rings. The molecule has 6 aromatic carbocycles. The number of benzene rings is 6. The van der Waals surface area contributed by atoms with Crippen molar-refractivity contribution in [1.29, 1.82) is 0 Å². The molecule has 0 N–H and O–H groups in total. The third-order valence-corrected chi connectivity index (χ3v) is 10.8. The minimum absolute atomic E-state index is 0.0751. The number of ether oxygens (including phenoxy) is 6. The highest BCUT2D eigenvalue weighted by molar-refractivity contribution is 7.43. The third-order valence-electron chi connectivity index (χ3n) is 8.69. The van der Waals surface area contributed by atoms with Crippen LogP contribution in [-0.2, 0) is 0 Å². The van der Waals surface area contributed by atoms with Crippen molar-refractivity contribution in [1.82, 2.24) is 0 Å². The SMILES string of the molecule is COc1ccc(OP(Oc2ccc(OC)cc2OC)Oc2ccccc2C(=O)c2ccccc2OP(Oc2ccc(C=O)cc2OC)Oc2ccc(C=O)cc2OC)c(OC)c1. The highest BCUT2D eigenvalue weighted by Gasteiger charge is 2.30. The Kier molecular flexibility index (Phi) is 15.3. The van der Waals surface area contributed by atoms with Crippen molar-refractivity contribution in [3.8, 4) is 69.0 Å². The lowest BCUT2D eigenvalue weighted by Crippen LogP contribution is -2.10. The maximum absolute atomic E-state index is 14.7. The van der Waals surface area contributed by atoms with Gasteiger partial charge < -0.3 is 55.6 Å². The van der Waals surface area contributed by atoms with Crippen LogP contribution in [0.2, 0.25) is 0 Å². The minimum atomic E-state index is -2.47. The van der Waals surface area contributed by atoms with Crippen LogP contribution in [0.3, 0.4) is 0 Å². The Hall–Kier alpha value is -7.21. The maximum Gasteiger partial charge on any atom is 0.530 e. The first-order chi connectivity index (χ1) is 30.2. The zero-order valence-corrected chi connectivity index (χ0v) is 36.0. The summed E-state index contributed by atoms with van der Waals surface area (Å²) in [5.74, 6) is 2.68. The maximum atomic E-state index is 14.7. The molecule has 0 aliphatic carbocycles. The van der Waals surface area contributed by atoms with Crippen LogP contribution < -0.4 is 55.6 Å². The number of hydrogen-bond acceptors (Lipinski definition) is 15. The van der Waals surface area contributed by atoms with E-state index < -0.39 is 23.0 Å². The van der Waals surface area contributed by atoms with Crippen molar-refractivity contribution in [2.75, 3.05) is 42.7 Å². The average molecular weight is 883 g/mol. The van der Waals surface area contributed by atoms with E-state index >= 15 is 0 Å². The van der Waals surface area contributed by atoms with E-state index in [1.54, 1.807) is 84.9 Å². The molecule has 62 heavy (non-hydrogen) atoms. The zero-order chi connectivity index (χ0) is 44.0. The summed E-state index contributed by atoms with van der Waals surface area (Å²) in [6.07, 6.45) is 1.33. The molecule has 0 amide bonds. The van der Waals surface area contributed by atoms with Gasteiger partial charge in [0.05, 0.1) is 53.8 Å². The van der Waals surface area contributed by atoms with Gasteiger partial charge in [0.15, 0.2) is 46.0 Å². The molecule has 0 saturated heterocycles. The topological polar surface area (TPSA) is 162 Å². The number of carbonyl (C=O) groups is 3. The van der Waals surface area contributed by atoms with E-state index in [0.29, 0.717) is 46.7 Å². The minimum Gasteiger partial charge on any atom is -0.497 e. The van der Waals surface area contributed by atoms with E-state index in [-0.39, 0.29) is 57.1 Å². The number of carbonyl (C=O) groups excluding carboxylic acids is 3. The number of rotatable bonds is 22. The first kappa shape index (κ1) is 44.3. The van der Waals surface area contributed by atoms with E-state index in [9.17, 15) is 14.4 Å². The largest absolute Gasteiger partial charge is 0.530 e. The van der Waals surface area contributed by atoms with Crippen LogP contribution in [0.5, 0.6) is 69.0 Å². The van der Waals surface area contributed by atoms with Crippen molar-refractivity contribution in [3.05, 3.63) is 144 Å². The second-order valence-electron chi connectivity index (χ2n) is 12.4. The first-order valence-corrected chi connectivity index (χ1v) is 20.5. The summed E-state index contributed by atoms with van der Waals surface area (Å²) >= 11 is 0. The molecule has 6 rings (SSSR count). The summed E-state index contributed by atoms with van der Waals surface area (Å²) < 4.78 is 70.8. The molecule has 320 valence electrons. The third kappa shape index (κ3) is 10.7. The number of hydrogen-bond donors (Lipinski definition) is 0. The molecule has 0 radical (unpaired) electrons. The van der Waals surface area contributed by atoms with E-state index in [1.165, 1.54) is 79.1 Å². The molecule has 0 unspecified atom stereocenters. The van der Waals surface area contributed by atoms with E-state index in [1.807, 2.05) is 0 Å². The normalized spacial score (nSPS) is 10.6. The Balaban J connectivity index is 1.36. The van der Waals surface area contributed by atoms with Gasteiger partial charge in [0.1, 0.15) is 35.6 Å². The highest BCUT2D eigenvalue weighted by Crippen LogP contribution is 2.50. The summed E-state index contributed by atoms with van der Waals surface area (Å²) in [7, 11) is 3.98. The second-order valence-corrected chi connectivity index (χ2v) is 14.4. The van der Waals surface area contributed by atoms with Crippen molar-refractivity contribution >= 4 is 35.6 Å². The van der Waals surface area contributed by atoms with Crippen LogP contribution >= 0.6 is 17.2 Å². The fourth-order valence-corrected chi connectivity index (χ4v) is 7.68. The summed E-state index contributed by atoms with van der Waals surface area (Å²) in [6.45, 7) is 0. The predicted octanol–water partition coefficient (Wildman–Crippen LogP) is 10.1. The van der Waals surface area contributed by atoms with E-state index in [2.05, 4.69) is 0 Å². The Morgan fingerprint density at radius 2 is 0.694 bits per heavy atom. The standard InChI is InChI=1S/C45H40O15P2/c1-49-31-17-21-39(43(25-31)53-5)59-62(60-40-22-18-32(50-2)26-44(40)54-6)56-36-14-10-8-12-34(36)45(48)33-11-7-9-13-35(33)55-61(57-37-19-15-29(27-46)23-41(37)51-3)58-38-20-16-30(28-47)24-42(38)52-4/h7-28H,1-6H3. The Bertz CT molecular complexity index is 2390. The Morgan fingerprint density at radius 1 is 0.371 bits per heavy atom. The van der Waals surface area contributed by atoms with Gasteiger partial charge in [0.2, 0.25) is 5.78 Å². The second kappa shape index (κ2) is 21.4. The summed E-state index contributed by atoms with van der Waals surface area (Å²) in [4.78, 5) is 37.7. The van der Waals surface area contributed by atoms with Gasteiger partial charge in [-0.05, 0) is 84.9 Å². The molecule has 0 heterocycles. The number of ketones is 1. The first-order valence-electron chi connectivity index (χ1n) is 18.4. The van der Waals surface area contributed by atoms with Crippen molar-refractivity contribution in [2.24, 2.45) is 0 Å². The zero-order valence-electron chi connectivity index (χ0n) is 34.2. The quantitative estimate of drug-likeness (QED) is 0.0359. The van der Waals surface area contributed by atoms with Crippen LogP contribution in [0.25, 0.3) is 0 Å². The van der Waals surface area contributed by atoms with Crippen molar-refractivity contribution < 1.29 is 69.9 Å². The van der Waals surface area contributed by atoms with Crippen LogP contribution in [0.15, 0.2) is 121 Å². The monoisotopic (exact) mass is 882 g/mol. The van der Waals surface area contributed by atoms with Gasteiger partial charge in [0.25, 0.3) is 0 Å². The van der Waals surface area contributed by atoms with Crippen LogP contribution in [0, 0.1) is 0 Å². The number of para-hydroxylation sites is 2. The smallest absolute Gasteiger partial charge is 0.497 e. The molecule has 0 bridgehead atoms. The highest BCUT2D eigenvalue weighted by atomic mass is 31.2. The van der Waals surface area contributed by atoms with Gasteiger partial charge in [-0.1, -0.05) is 24.3 Å². The summed E-state index contributed by atoms with van der Waals surface area (Å²) in [6, 6.07) is 32.0. The molecule has 15 nitrogen and oxygen atoms in total. The lowest BCUT2D eigenvalue weighted by atomic mass is 10.0. The van der Waals surface area contributed by atoms with Crippen LogP contribution in [0.4, 0.5) is 0 Å². The molecule has 17 heteroatoms. The predicted molar refractivity (Wildman–Crippen MR) is 230 cm³/mol. The van der Waals surface area contributed by atoms with E-state index in [4.69, 9.17) is 55.6 Å². The molecular weight excluding hydrogens is 842 g/mol. The van der Waals surface area contributed by atoms with Gasteiger partial charge in [0, 0.05) is 23.3 Å². The van der Waals surface area contributed by atoms with Gasteiger partial charge in [-0.25, -0.2) is 0 Å². The molecule has 0 saturated carbocycles. The van der Waals surface area contributed by atoms with Gasteiger partial charge in [-0.3, -0.25) is 14.4 Å². The number of aldehydes is 2. The lowest BCUT2D eigenvalue weighted by molar-refractivity contribution is 0.103. The van der Waals surface area contributed by atoms with E-state index in [0.717, 1.165) is 0 Å².